The van der Waals surface area contributed by atoms with Crippen LogP contribution in [-0.2, 0) is 12.8 Å². The third kappa shape index (κ3) is 4.73. The fourth-order valence-electron chi connectivity index (χ4n) is 2.40. The van der Waals surface area contributed by atoms with Crippen LogP contribution in [0, 0.1) is 0 Å². The van der Waals surface area contributed by atoms with Crippen molar-refractivity contribution >= 4 is 27.5 Å². The van der Waals surface area contributed by atoms with E-state index < -0.39 is 0 Å². The molecule has 0 radical (unpaired) electrons. The zero-order chi connectivity index (χ0) is 15.2. The Balaban J connectivity index is 2.14. The van der Waals surface area contributed by atoms with Gasteiger partial charge >= 0.3 is 0 Å². The number of likely N-dealkylation sites (N-methyl/N-ethyl adjacent to an activating group) is 1. The molecule has 1 atom stereocenters. The van der Waals surface area contributed by atoms with Crippen LogP contribution in [0.5, 0.6) is 5.75 Å². The fraction of sp³-hybridized carbons (Fsp3) is 0.294. The van der Waals surface area contributed by atoms with Crippen molar-refractivity contribution in [3.8, 4) is 5.75 Å². The summed E-state index contributed by atoms with van der Waals surface area (Å²) in [5.41, 5.74) is 2.42. The predicted molar refractivity (Wildman–Crippen MR) is 92.4 cm³/mol. The Kier molecular flexibility index (Phi) is 6.09. The Morgan fingerprint density at radius 3 is 2.67 bits per heavy atom. The first-order valence-electron chi connectivity index (χ1n) is 6.86. The summed E-state index contributed by atoms with van der Waals surface area (Å²) < 4.78 is 6.51. The van der Waals surface area contributed by atoms with Gasteiger partial charge in [-0.1, -0.05) is 39.7 Å². The van der Waals surface area contributed by atoms with E-state index in [9.17, 15) is 0 Å². The molecule has 0 bridgehead atoms. The lowest BCUT2D eigenvalue weighted by atomic mass is 9.98. The number of ether oxygens (including phenoxy) is 1. The molecule has 0 aliphatic carbocycles. The van der Waals surface area contributed by atoms with Crippen molar-refractivity contribution in [2.75, 3.05) is 14.2 Å². The first-order chi connectivity index (χ1) is 10.1. The van der Waals surface area contributed by atoms with Gasteiger partial charge in [-0.25, -0.2) is 0 Å². The van der Waals surface area contributed by atoms with Crippen molar-refractivity contribution in [3.05, 3.63) is 63.1 Å². The summed E-state index contributed by atoms with van der Waals surface area (Å²) in [6.45, 7) is 0. The van der Waals surface area contributed by atoms with E-state index in [0.29, 0.717) is 6.04 Å². The number of methoxy groups -OCH3 is 1. The fourth-order valence-corrected chi connectivity index (χ4v) is 3.02. The Hall–Kier alpha value is -1.03. The lowest BCUT2D eigenvalue weighted by molar-refractivity contribution is 0.405. The van der Waals surface area contributed by atoms with Crippen LogP contribution >= 0.6 is 27.5 Å². The van der Waals surface area contributed by atoms with Crippen molar-refractivity contribution < 1.29 is 4.74 Å². The van der Waals surface area contributed by atoms with Gasteiger partial charge in [0.1, 0.15) is 5.75 Å². The minimum Gasteiger partial charge on any atom is -0.496 e. The van der Waals surface area contributed by atoms with E-state index in [-0.39, 0.29) is 0 Å². The topological polar surface area (TPSA) is 21.3 Å². The van der Waals surface area contributed by atoms with Gasteiger partial charge in [-0.2, -0.15) is 0 Å². The molecule has 0 aliphatic heterocycles. The zero-order valence-corrected chi connectivity index (χ0v) is 14.5. The highest BCUT2D eigenvalue weighted by atomic mass is 79.9. The molecule has 2 rings (SSSR count). The summed E-state index contributed by atoms with van der Waals surface area (Å²) in [6, 6.07) is 14.4. The minimum absolute atomic E-state index is 0.326. The first-order valence-corrected chi connectivity index (χ1v) is 8.03. The van der Waals surface area contributed by atoms with Crippen LogP contribution < -0.4 is 10.1 Å². The highest BCUT2D eigenvalue weighted by molar-refractivity contribution is 9.10. The molecule has 0 saturated carbocycles. The molecule has 0 aromatic heterocycles. The Bertz CT molecular complexity index is 603. The number of nitrogens with one attached hydrogen (secondary N) is 1. The van der Waals surface area contributed by atoms with Crippen LogP contribution in [0.1, 0.15) is 11.1 Å². The van der Waals surface area contributed by atoms with Crippen molar-refractivity contribution in [3.63, 3.8) is 0 Å². The van der Waals surface area contributed by atoms with Crippen molar-refractivity contribution in [1.82, 2.24) is 5.32 Å². The largest absolute Gasteiger partial charge is 0.496 e. The average molecular weight is 369 g/mol. The standard InChI is InChI=1S/C17H19BrClNO/c1-20-16(9-12-4-3-5-15(19)8-12)11-13-10-14(18)6-7-17(13)21-2/h3-8,10,16,20H,9,11H2,1-2H3. The molecular weight excluding hydrogens is 350 g/mol. The molecule has 0 amide bonds. The van der Waals surface area contributed by atoms with Gasteiger partial charge < -0.3 is 10.1 Å². The molecule has 0 spiro atoms. The van der Waals surface area contributed by atoms with Crippen LogP contribution in [0.3, 0.4) is 0 Å². The third-order valence-electron chi connectivity index (χ3n) is 3.49. The van der Waals surface area contributed by atoms with E-state index in [2.05, 4.69) is 33.4 Å². The van der Waals surface area contributed by atoms with E-state index in [1.54, 1.807) is 7.11 Å². The van der Waals surface area contributed by atoms with Crippen molar-refractivity contribution in [1.29, 1.82) is 0 Å². The molecule has 0 fully saturated rings. The SMILES string of the molecule is CNC(Cc1cccc(Cl)c1)Cc1cc(Br)ccc1OC. The van der Waals surface area contributed by atoms with Gasteiger partial charge in [0.15, 0.2) is 0 Å². The number of hydrogen-bond donors (Lipinski definition) is 1. The maximum absolute atomic E-state index is 6.05. The Morgan fingerprint density at radius 1 is 1.19 bits per heavy atom. The number of benzene rings is 2. The van der Waals surface area contributed by atoms with Crippen LogP contribution in [0.4, 0.5) is 0 Å². The maximum atomic E-state index is 6.05. The molecule has 112 valence electrons. The highest BCUT2D eigenvalue weighted by Gasteiger charge is 2.12. The predicted octanol–water partition coefficient (Wildman–Crippen LogP) is 4.48. The minimum atomic E-state index is 0.326. The smallest absolute Gasteiger partial charge is 0.122 e. The van der Waals surface area contributed by atoms with Crippen LogP contribution in [0.2, 0.25) is 5.02 Å². The number of halogens is 2. The monoisotopic (exact) mass is 367 g/mol. The molecule has 2 aromatic carbocycles. The van der Waals surface area contributed by atoms with Crippen LogP contribution in [0.25, 0.3) is 0 Å². The molecule has 4 heteroatoms. The van der Waals surface area contributed by atoms with Gasteiger partial charge in [0.2, 0.25) is 0 Å². The summed E-state index contributed by atoms with van der Waals surface area (Å²) in [6.07, 6.45) is 1.82. The molecule has 0 heterocycles. The lowest BCUT2D eigenvalue weighted by Crippen LogP contribution is -2.30. The normalized spacial score (nSPS) is 12.2. The van der Waals surface area contributed by atoms with Gasteiger partial charge in [0, 0.05) is 15.5 Å². The summed E-state index contributed by atoms with van der Waals surface area (Å²) in [5, 5.41) is 4.16. The third-order valence-corrected chi connectivity index (χ3v) is 4.22. The molecule has 1 N–H and O–H groups in total. The van der Waals surface area contributed by atoms with E-state index in [1.807, 2.05) is 37.4 Å². The van der Waals surface area contributed by atoms with Gasteiger partial charge in [-0.15, -0.1) is 0 Å². The summed E-state index contributed by atoms with van der Waals surface area (Å²) >= 11 is 9.57. The number of rotatable bonds is 6. The molecule has 2 nitrogen and oxygen atoms in total. The molecule has 2 aromatic rings. The number of hydrogen-bond acceptors (Lipinski definition) is 2. The first kappa shape index (κ1) is 16.3. The summed E-state index contributed by atoms with van der Waals surface area (Å²) in [4.78, 5) is 0. The quantitative estimate of drug-likeness (QED) is 0.811. The van der Waals surface area contributed by atoms with Crippen molar-refractivity contribution in [2.45, 2.75) is 18.9 Å². The van der Waals surface area contributed by atoms with E-state index >= 15 is 0 Å². The second kappa shape index (κ2) is 7.83. The summed E-state index contributed by atoms with van der Waals surface area (Å²) in [5.74, 6) is 0.921. The lowest BCUT2D eigenvalue weighted by Gasteiger charge is -2.18. The molecule has 21 heavy (non-hydrogen) atoms. The summed E-state index contributed by atoms with van der Waals surface area (Å²) in [7, 11) is 3.69. The molecule has 0 aliphatic rings. The molecule has 0 saturated heterocycles. The van der Waals surface area contributed by atoms with Gasteiger partial charge in [-0.05, 0) is 61.3 Å². The van der Waals surface area contributed by atoms with Crippen molar-refractivity contribution in [2.24, 2.45) is 0 Å². The van der Waals surface area contributed by atoms with Gasteiger partial charge in [0.05, 0.1) is 7.11 Å². The van der Waals surface area contributed by atoms with E-state index in [0.717, 1.165) is 28.1 Å². The average Bonchev–Trinajstić information content (AvgIpc) is 2.47. The Morgan fingerprint density at radius 2 is 2.00 bits per heavy atom. The van der Waals surface area contributed by atoms with E-state index in [4.69, 9.17) is 16.3 Å². The second-order valence-corrected chi connectivity index (χ2v) is 6.33. The van der Waals surface area contributed by atoms with Gasteiger partial charge in [0.25, 0.3) is 0 Å². The van der Waals surface area contributed by atoms with E-state index in [1.165, 1.54) is 11.1 Å². The van der Waals surface area contributed by atoms with Gasteiger partial charge in [-0.3, -0.25) is 0 Å². The second-order valence-electron chi connectivity index (χ2n) is 4.98. The maximum Gasteiger partial charge on any atom is 0.122 e. The molecular formula is C17H19BrClNO. The zero-order valence-electron chi connectivity index (χ0n) is 12.2. The van der Waals surface area contributed by atoms with Crippen LogP contribution in [0.15, 0.2) is 46.9 Å². The van der Waals surface area contributed by atoms with Crippen LogP contribution in [-0.4, -0.2) is 20.2 Å². The molecule has 1 unspecified atom stereocenters. The Labute approximate surface area is 139 Å². The highest BCUT2D eigenvalue weighted by Crippen LogP contribution is 2.25.